The summed E-state index contributed by atoms with van der Waals surface area (Å²) in [7, 11) is 1.52. The highest BCUT2D eigenvalue weighted by molar-refractivity contribution is 5.96. The number of ketones is 1. The van der Waals surface area contributed by atoms with E-state index in [-0.39, 0.29) is 30.0 Å². The molecule has 0 bridgehead atoms. The Hall–Kier alpha value is -3.29. The van der Waals surface area contributed by atoms with Gasteiger partial charge in [-0.1, -0.05) is 12.1 Å². The van der Waals surface area contributed by atoms with E-state index in [4.69, 9.17) is 4.74 Å². The second kappa shape index (κ2) is 8.00. The van der Waals surface area contributed by atoms with Gasteiger partial charge in [-0.05, 0) is 29.8 Å². The van der Waals surface area contributed by atoms with Crippen LogP contribution in [0.4, 0.5) is 5.69 Å². The number of Topliss-reactive ketones (excluding diaryl/α,β-unsaturated/α-hetero) is 1. The van der Waals surface area contributed by atoms with E-state index in [0.29, 0.717) is 11.3 Å². The van der Waals surface area contributed by atoms with Gasteiger partial charge < -0.3 is 4.74 Å². The number of nitrogens with zero attached hydrogens (tertiary/aromatic N) is 2. The molecule has 1 unspecified atom stereocenters. The predicted molar refractivity (Wildman–Crippen MR) is 89.6 cm³/mol. The molecule has 0 aliphatic carbocycles. The van der Waals surface area contributed by atoms with Crippen LogP contribution in [0.3, 0.4) is 0 Å². The Morgan fingerprint density at radius 1 is 1.04 bits per heavy atom. The number of methoxy groups -OCH3 is 1. The Bertz CT molecular complexity index is 771. The minimum atomic E-state index is -0.594. The summed E-state index contributed by atoms with van der Waals surface area (Å²) in [6.45, 7) is -0.384. The number of carbonyl (C=O) groups is 1. The average Bonchev–Trinajstić information content (AvgIpc) is 2.61. The second-order valence-corrected chi connectivity index (χ2v) is 5.42. The van der Waals surface area contributed by atoms with E-state index in [1.54, 1.807) is 24.3 Å². The third-order valence-electron chi connectivity index (χ3n) is 3.79. The fourth-order valence-electron chi connectivity index (χ4n) is 2.45. The Labute approximate surface area is 143 Å². The van der Waals surface area contributed by atoms with Gasteiger partial charge >= 0.3 is 0 Å². The molecule has 0 heterocycles. The lowest BCUT2D eigenvalue weighted by Crippen LogP contribution is -2.16. The maximum atomic E-state index is 12.4. The van der Waals surface area contributed by atoms with Crippen molar-refractivity contribution in [2.75, 3.05) is 13.7 Å². The SMILES string of the molecule is COc1ccc(C(CC(=O)c2ccc([N+](=O)[O-])cc2)C[N+](=O)[O-])cc1. The molecule has 0 saturated carbocycles. The standard InChI is InChI=1S/C17H16N2O6/c1-25-16-8-4-12(5-9-16)14(11-18(21)22)10-17(20)13-2-6-15(7-3-13)19(23)24/h2-9,14H,10-11H2,1H3. The van der Waals surface area contributed by atoms with E-state index in [1.165, 1.54) is 31.4 Å². The predicted octanol–water partition coefficient (Wildman–Crippen LogP) is 3.24. The van der Waals surface area contributed by atoms with Gasteiger partial charge in [-0.2, -0.15) is 0 Å². The minimum Gasteiger partial charge on any atom is -0.497 e. The Morgan fingerprint density at radius 3 is 2.12 bits per heavy atom. The van der Waals surface area contributed by atoms with E-state index in [0.717, 1.165) is 0 Å². The van der Waals surface area contributed by atoms with Crippen molar-refractivity contribution in [2.24, 2.45) is 0 Å². The van der Waals surface area contributed by atoms with Crippen LogP contribution in [0.25, 0.3) is 0 Å². The van der Waals surface area contributed by atoms with Gasteiger partial charge in [0.1, 0.15) is 5.75 Å². The van der Waals surface area contributed by atoms with Crippen molar-refractivity contribution in [1.29, 1.82) is 0 Å². The molecule has 0 aromatic heterocycles. The van der Waals surface area contributed by atoms with Crippen LogP contribution in [-0.2, 0) is 0 Å². The molecule has 1 atom stereocenters. The van der Waals surface area contributed by atoms with Crippen molar-refractivity contribution < 1.29 is 19.4 Å². The molecular formula is C17H16N2O6. The van der Waals surface area contributed by atoms with Crippen LogP contribution in [0.5, 0.6) is 5.75 Å². The van der Waals surface area contributed by atoms with Crippen molar-refractivity contribution in [3.63, 3.8) is 0 Å². The first-order valence-electron chi connectivity index (χ1n) is 7.44. The lowest BCUT2D eigenvalue weighted by molar-refractivity contribution is -0.483. The minimum absolute atomic E-state index is 0.0644. The Kier molecular flexibility index (Phi) is 5.78. The molecule has 0 amide bonds. The molecule has 0 aliphatic rings. The van der Waals surface area contributed by atoms with Crippen LogP contribution in [0, 0.1) is 20.2 Å². The monoisotopic (exact) mass is 344 g/mol. The second-order valence-electron chi connectivity index (χ2n) is 5.42. The van der Waals surface area contributed by atoms with Gasteiger partial charge in [-0.3, -0.25) is 25.0 Å². The molecule has 8 heteroatoms. The molecule has 2 rings (SSSR count). The molecule has 2 aromatic carbocycles. The fourth-order valence-corrected chi connectivity index (χ4v) is 2.45. The zero-order valence-electron chi connectivity index (χ0n) is 13.5. The first kappa shape index (κ1) is 18.1. The summed E-state index contributed by atoms with van der Waals surface area (Å²) >= 11 is 0. The quantitative estimate of drug-likeness (QED) is 0.413. The van der Waals surface area contributed by atoms with Gasteiger partial charge in [0.05, 0.1) is 18.0 Å². The highest BCUT2D eigenvalue weighted by atomic mass is 16.6. The van der Waals surface area contributed by atoms with Gasteiger partial charge in [-0.25, -0.2) is 0 Å². The zero-order chi connectivity index (χ0) is 18.4. The molecule has 0 saturated heterocycles. The third-order valence-corrected chi connectivity index (χ3v) is 3.79. The highest BCUT2D eigenvalue weighted by Gasteiger charge is 2.22. The molecule has 130 valence electrons. The van der Waals surface area contributed by atoms with Crippen molar-refractivity contribution in [3.05, 3.63) is 79.9 Å². The van der Waals surface area contributed by atoms with Crippen LogP contribution in [0.1, 0.15) is 28.3 Å². The van der Waals surface area contributed by atoms with Gasteiger partial charge in [-0.15, -0.1) is 0 Å². The maximum absolute atomic E-state index is 12.4. The van der Waals surface area contributed by atoms with Crippen LogP contribution < -0.4 is 4.74 Å². The molecule has 2 aromatic rings. The first-order valence-corrected chi connectivity index (χ1v) is 7.44. The first-order chi connectivity index (χ1) is 11.9. The van der Waals surface area contributed by atoms with E-state index < -0.39 is 15.8 Å². The lowest BCUT2D eigenvalue weighted by atomic mass is 9.91. The van der Waals surface area contributed by atoms with Crippen LogP contribution >= 0.6 is 0 Å². The smallest absolute Gasteiger partial charge is 0.269 e. The normalized spacial score (nSPS) is 11.6. The van der Waals surface area contributed by atoms with Gasteiger partial charge in [0.15, 0.2) is 5.78 Å². The summed E-state index contributed by atoms with van der Waals surface area (Å²) < 4.78 is 5.06. The molecule has 25 heavy (non-hydrogen) atoms. The summed E-state index contributed by atoms with van der Waals surface area (Å²) in [4.78, 5) is 33.0. The topological polar surface area (TPSA) is 113 Å². The Balaban J connectivity index is 2.18. The largest absolute Gasteiger partial charge is 0.497 e. The van der Waals surface area contributed by atoms with E-state index in [9.17, 15) is 25.0 Å². The summed E-state index contributed by atoms with van der Waals surface area (Å²) in [5.41, 5.74) is 0.828. The van der Waals surface area contributed by atoms with Crippen LogP contribution in [0.15, 0.2) is 48.5 Å². The summed E-state index contributed by atoms with van der Waals surface area (Å²) in [5, 5.41) is 21.6. The van der Waals surface area contributed by atoms with Crippen molar-refractivity contribution in [3.8, 4) is 5.75 Å². The summed E-state index contributed by atoms with van der Waals surface area (Å²) in [6.07, 6.45) is -0.0644. The number of nitro benzene ring substituents is 1. The van der Waals surface area contributed by atoms with Crippen molar-refractivity contribution in [1.82, 2.24) is 0 Å². The third kappa shape index (κ3) is 4.84. The number of hydrogen-bond donors (Lipinski definition) is 0. The fraction of sp³-hybridized carbons (Fsp3) is 0.235. The molecule has 0 fully saturated rings. The van der Waals surface area contributed by atoms with Crippen LogP contribution in [-0.4, -0.2) is 29.3 Å². The maximum Gasteiger partial charge on any atom is 0.269 e. The van der Waals surface area contributed by atoms with E-state index >= 15 is 0 Å². The summed E-state index contributed by atoms with van der Waals surface area (Å²) in [5.74, 6) is -0.286. The number of nitro groups is 2. The zero-order valence-corrected chi connectivity index (χ0v) is 13.5. The molecular weight excluding hydrogens is 328 g/mol. The lowest BCUT2D eigenvalue weighted by Gasteiger charge is -2.13. The van der Waals surface area contributed by atoms with E-state index in [2.05, 4.69) is 0 Å². The number of benzene rings is 2. The number of rotatable bonds is 8. The molecule has 0 spiro atoms. The number of ether oxygens (including phenoxy) is 1. The van der Waals surface area contributed by atoms with Crippen molar-refractivity contribution >= 4 is 11.5 Å². The Morgan fingerprint density at radius 2 is 1.64 bits per heavy atom. The number of carbonyl (C=O) groups excluding carboxylic acids is 1. The number of hydrogen-bond acceptors (Lipinski definition) is 6. The molecule has 8 nitrogen and oxygen atoms in total. The van der Waals surface area contributed by atoms with E-state index in [1.807, 2.05) is 0 Å². The van der Waals surface area contributed by atoms with Gasteiger partial charge in [0.25, 0.3) is 5.69 Å². The molecule has 0 radical (unpaired) electrons. The van der Waals surface area contributed by atoms with Gasteiger partial charge in [0, 0.05) is 29.0 Å². The molecule has 0 aliphatic heterocycles. The van der Waals surface area contributed by atoms with Crippen molar-refractivity contribution in [2.45, 2.75) is 12.3 Å². The summed E-state index contributed by atoms with van der Waals surface area (Å²) in [6, 6.07) is 11.9. The highest BCUT2D eigenvalue weighted by Crippen LogP contribution is 2.25. The average molecular weight is 344 g/mol. The molecule has 0 N–H and O–H groups in total. The van der Waals surface area contributed by atoms with Gasteiger partial charge in [0.2, 0.25) is 6.54 Å². The van der Waals surface area contributed by atoms with Crippen LogP contribution in [0.2, 0.25) is 0 Å². The number of non-ortho nitro benzene ring substituents is 1.